The van der Waals surface area contributed by atoms with Crippen LogP contribution in [0.1, 0.15) is 112 Å². The van der Waals surface area contributed by atoms with Gasteiger partial charge in [-0.15, -0.1) is 0 Å². The van der Waals surface area contributed by atoms with E-state index < -0.39 is 4.32 Å². The molecule has 33 heavy (non-hydrogen) atoms. The SMILES string of the molecule is CC(=O)OC1CCC2(C)C3CCC4(C)C(C(C)CCCC(C)C)CCC4C3CC(=O)C2(Br)C1. The Hall–Kier alpha value is -0.380. The zero-order valence-electron chi connectivity index (χ0n) is 21.9. The van der Waals surface area contributed by atoms with Crippen molar-refractivity contribution in [1.29, 1.82) is 0 Å². The lowest BCUT2D eigenvalue weighted by Crippen LogP contribution is -2.64. The van der Waals surface area contributed by atoms with Crippen molar-refractivity contribution in [3.05, 3.63) is 0 Å². The van der Waals surface area contributed by atoms with Crippen LogP contribution in [0, 0.1) is 46.3 Å². The zero-order valence-corrected chi connectivity index (χ0v) is 23.5. The second-order valence-electron chi connectivity index (χ2n) is 13.2. The Balaban J connectivity index is 1.52. The normalized spacial score (nSPS) is 45.8. The second-order valence-corrected chi connectivity index (χ2v) is 14.6. The van der Waals surface area contributed by atoms with Gasteiger partial charge in [0.25, 0.3) is 0 Å². The van der Waals surface area contributed by atoms with Crippen LogP contribution in [0.15, 0.2) is 0 Å². The van der Waals surface area contributed by atoms with Crippen molar-refractivity contribution in [2.75, 3.05) is 0 Å². The Kier molecular flexibility index (Phi) is 7.20. The van der Waals surface area contributed by atoms with Gasteiger partial charge in [-0.3, -0.25) is 9.59 Å². The first-order chi connectivity index (χ1) is 15.4. The molecule has 9 unspecified atom stereocenters. The summed E-state index contributed by atoms with van der Waals surface area (Å²) in [6, 6.07) is 0. The maximum absolute atomic E-state index is 13.8. The summed E-state index contributed by atoms with van der Waals surface area (Å²) < 4.78 is 5.05. The van der Waals surface area contributed by atoms with Gasteiger partial charge in [-0.2, -0.15) is 0 Å². The first-order valence-corrected chi connectivity index (χ1v) is 14.6. The number of rotatable bonds is 6. The largest absolute Gasteiger partial charge is 0.462 e. The molecule has 188 valence electrons. The summed E-state index contributed by atoms with van der Waals surface area (Å²) in [5.74, 6) is 4.38. The number of hydrogen-bond donors (Lipinski definition) is 0. The minimum atomic E-state index is -0.532. The summed E-state index contributed by atoms with van der Waals surface area (Å²) in [4.78, 5) is 25.4. The minimum Gasteiger partial charge on any atom is -0.462 e. The molecular formula is C29H47BrO3. The quantitative estimate of drug-likeness (QED) is 0.264. The van der Waals surface area contributed by atoms with Crippen molar-refractivity contribution < 1.29 is 14.3 Å². The first kappa shape index (κ1) is 25.7. The molecule has 0 radical (unpaired) electrons. The number of esters is 1. The summed E-state index contributed by atoms with van der Waals surface area (Å²) in [7, 11) is 0. The van der Waals surface area contributed by atoms with Crippen molar-refractivity contribution >= 4 is 27.7 Å². The van der Waals surface area contributed by atoms with E-state index in [1.165, 1.54) is 51.9 Å². The Bertz CT molecular complexity index is 764. The highest BCUT2D eigenvalue weighted by Gasteiger charge is 2.67. The molecule has 0 aromatic rings. The lowest BCUT2D eigenvalue weighted by atomic mass is 9.44. The van der Waals surface area contributed by atoms with Gasteiger partial charge in [-0.1, -0.05) is 69.8 Å². The van der Waals surface area contributed by atoms with Crippen molar-refractivity contribution in [2.24, 2.45) is 46.3 Å². The van der Waals surface area contributed by atoms with Crippen LogP contribution in [-0.4, -0.2) is 22.2 Å². The van der Waals surface area contributed by atoms with Crippen LogP contribution in [0.5, 0.6) is 0 Å². The highest BCUT2D eigenvalue weighted by molar-refractivity contribution is 9.10. The number of carbonyl (C=O) groups is 2. The second kappa shape index (κ2) is 9.25. The number of carbonyl (C=O) groups excluding carboxylic acids is 2. The van der Waals surface area contributed by atoms with E-state index in [0.29, 0.717) is 41.8 Å². The summed E-state index contributed by atoms with van der Waals surface area (Å²) in [5.41, 5.74) is 0.363. The van der Waals surface area contributed by atoms with Crippen LogP contribution in [0.3, 0.4) is 0 Å². The molecule has 4 rings (SSSR count). The molecular weight excluding hydrogens is 476 g/mol. The molecule has 4 saturated carbocycles. The fraction of sp³-hybridized carbons (Fsp3) is 0.931. The molecule has 3 nitrogen and oxygen atoms in total. The number of Topliss-reactive ketones (excluding diaryl/α,β-unsaturated/α-hetero) is 1. The Morgan fingerprint density at radius 3 is 2.45 bits per heavy atom. The Morgan fingerprint density at radius 2 is 1.79 bits per heavy atom. The average molecular weight is 524 g/mol. The molecule has 4 heteroatoms. The molecule has 4 aliphatic carbocycles. The molecule has 0 aromatic carbocycles. The van der Waals surface area contributed by atoms with E-state index in [9.17, 15) is 9.59 Å². The summed E-state index contributed by atoms with van der Waals surface area (Å²) >= 11 is 4.01. The molecule has 0 aromatic heterocycles. The van der Waals surface area contributed by atoms with Gasteiger partial charge in [0.05, 0.1) is 4.32 Å². The molecule has 0 spiro atoms. The maximum atomic E-state index is 13.8. The number of ketones is 1. The molecule has 4 fully saturated rings. The number of ether oxygens (including phenoxy) is 1. The predicted molar refractivity (Wildman–Crippen MR) is 137 cm³/mol. The molecule has 4 aliphatic rings. The number of alkyl halides is 1. The first-order valence-electron chi connectivity index (χ1n) is 13.8. The predicted octanol–water partition coefficient (Wildman–Crippen LogP) is 7.74. The summed E-state index contributed by atoms with van der Waals surface area (Å²) in [5, 5.41) is 0. The molecule has 9 atom stereocenters. The van der Waals surface area contributed by atoms with Gasteiger partial charge in [-0.25, -0.2) is 0 Å². The van der Waals surface area contributed by atoms with E-state index in [1.807, 2.05) is 0 Å². The van der Waals surface area contributed by atoms with Gasteiger partial charge < -0.3 is 4.74 Å². The smallest absolute Gasteiger partial charge is 0.302 e. The fourth-order valence-corrected chi connectivity index (χ4v) is 10.3. The highest BCUT2D eigenvalue weighted by Crippen LogP contribution is 2.70. The maximum Gasteiger partial charge on any atom is 0.302 e. The molecule has 0 amide bonds. The van der Waals surface area contributed by atoms with Gasteiger partial charge in [-0.05, 0) is 84.9 Å². The topological polar surface area (TPSA) is 43.4 Å². The molecule has 0 heterocycles. The molecule has 0 bridgehead atoms. The molecule has 0 aliphatic heterocycles. The van der Waals surface area contributed by atoms with Crippen LogP contribution in [0.2, 0.25) is 0 Å². The van der Waals surface area contributed by atoms with E-state index in [2.05, 4.69) is 50.5 Å². The lowest BCUT2D eigenvalue weighted by Gasteiger charge is -2.63. The Labute approximate surface area is 210 Å². The van der Waals surface area contributed by atoms with Crippen LogP contribution < -0.4 is 0 Å². The van der Waals surface area contributed by atoms with Gasteiger partial charge in [0.15, 0.2) is 5.78 Å². The van der Waals surface area contributed by atoms with E-state index in [1.54, 1.807) is 0 Å². The highest BCUT2D eigenvalue weighted by atomic mass is 79.9. The summed E-state index contributed by atoms with van der Waals surface area (Å²) in [6.45, 7) is 13.6. The van der Waals surface area contributed by atoms with Crippen LogP contribution in [0.4, 0.5) is 0 Å². The van der Waals surface area contributed by atoms with E-state index in [0.717, 1.165) is 30.6 Å². The number of fused-ring (bicyclic) bond motifs is 5. The van der Waals surface area contributed by atoms with Gasteiger partial charge in [0, 0.05) is 19.8 Å². The third-order valence-electron chi connectivity index (χ3n) is 11.1. The standard InChI is InChI=1S/C29H47BrO3/c1-18(2)8-7-9-19(3)23-10-11-24-22-16-26(32)29(30)17-21(33-20(4)31)12-15-28(29,6)25(22)13-14-27(23,24)5/h18-19,21-25H,7-17H2,1-6H3. The minimum absolute atomic E-state index is 0.0358. The zero-order chi connectivity index (χ0) is 24.2. The van der Waals surface area contributed by atoms with E-state index in [4.69, 9.17) is 4.74 Å². The molecule has 0 N–H and O–H groups in total. The van der Waals surface area contributed by atoms with Gasteiger partial charge in [0.2, 0.25) is 0 Å². The number of halogens is 1. The van der Waals surface area contributed by atoms with Gasteiger partial charge in [0.1, 0.15) is 6.10 Å². The van der Waals surface area contributed by atoms with Gasteiger partial charge >= 0.3 is 5.97 Å². The number of hydrogen-bond acceptors (Lipinski definition) is 3. The average Bonchev–Trinajstić information content (AvgIpc) is 3.07. The van der Waals surface area contributed by atoms with Crippen molar-refractivity contribution in [2.45, 2.75) is 123 Å². The van der Waals surface area contributed by atoms with Crippen molar-refractivity contribution in [3.63, 3.8) is 0 Å². The summed E-state index contributed by atoms with van der Waals surface area (Å²) in [6.07, 6.45) is 12.4. The monoisotopic (exact) mass is 522 g/mol. The third-order valence-corrected chi connectivity index (χ3v) is 12.7. The Morgan fingerprint density at radius 1 is 1.06 bits per heavy atom. The van der Waals surface area contributed by atoms with Crippen LogP contribution in [0.25, 0.3) is 0 Å². The van der Waals surface area contributed by atoms with Crippen LogP contribution >= 0.6 is 15.9 Å². The van der Waals surface area contributed by atoms with Crippen LogP contribution in [-0.2, 0) is 14.3 Å². The lowest BCUT2D eigenvalue weighted by molar-refractivity contribution is -0.163. The van der Waals surface area contributed by atoms with Crippen molar-refractivity contribution in [1.82, 2.24) is 0 Å². The third kappa shape index (κ3) is 4.27. The van der Waals surface area contributed by atoms with E-state index in [-0.39, 0.29) is 17.5 Å². The fourth-order valence-electron chi connectivity index (χ4n) is 9.32. The van der Waals surface area contributed by atoms with Crippen molar-refractivity contribution in [3.8, 4) is 0 Å². The van der Waals surface area contributed by atoms with E-state index >= 15 is 0 Å². The molecule has 0 saturated heterocycles.